The molecule has 0 unspecified atom stereocenters. The summed E-state index contributed by atoms with van der Waals surface area (Å²) >= 11 is 6.34. The van der Waals surface area contributed by atoms with E-state index in [-0.39, 0.29) is 6.04 Å². The lowest BCUT2D eigenvalue weighted by Gasteiger charge is -2.36. The summed E-state index contributed by atoms with van der Waals surface area (Å²) in [5.41, 5.74) is 4.76. The van der Waals surface area contributed by atoms with Crippen LogP contribution in [-0.4, -0.2) is 65.9 Å². The Morgan fingerprint density at radius 1 is 1.03 bits per heavy atom. The van der Waals surface area contributed by atoms with Crippen molar-refractivity contribution in [2.24, 2.45) is 0 Å². The molecule has 0 radical (unpaired) electrons. The molecule has 4 aromatic rings. The Bertz CT molecular complexity index is 1310. The van der Waals surface area contributed by atoms with E-state index in [1.807, 2.05) is 12.1 Å². The molecule has 2 aliphatic rings. The summed E-state index contributed by atoms with van der Waals surface area (Å²) in [5, 5.41) is 1.95. The van der Waals surface area contributed by atoms with Gasteiger partial charge < -0.3 is 19.4 Å². The predicted octanol–water partition coefficient (Wildman–Crippen LogP) is 4.86. The van der Waals surface area contributed by atoms with Crippen molar-refractivity contribution in [2.75, 3.05) is 50.9 Å². The molecule has 1 N–H and O–H groups in total. The number of hydrogen-bond donors (Lipinski definition) is 1. The van der Waals surface area contributed by atoms with Gasteiger partial charge in [-0.3, -0.25) is 4.90 Å². The van der Waals surface area contributed by atoms with Gasteiger partial charge in [0.15, 0.2) is 0 Å². The van der Waals surface area contributed by atoms with E-state index < -0.39 is 0 Å². The van der Waals surface area contributed by atoms with Crippen molar-refractivity contribution in [3.8, 4) is 5.75 Å². The molecule has 1 fully saturated rings. The average molecular weight is 504 g/mol. The molecular weight excluding hydrogens is 474 g/mol. The highest BCUT2D eigenvalue weighted by Gasteiger charge is 2.33. The average Bonchev–Trinajstić information content (AvgIpc) is 3.30. The Morgan fingerprint density at radius 3 is 2.64 bits per heavy atom. The molecule has 0 saturated carbocycles. The highest BCUT2D eigenvalue weighted by atomic mass is 35.5. The maximum Gasteiger partial charge on any atom is 0.226 e. The normalized spacial score (nSPS) is 18.4. The predicted molar refractivity (Wildman–Crippen MR) is 142 cm³/mol. The molecule has 2 aliphatic heterocycles. The van der Waals surface area contributed by atoms with Crippen molar-refractivity contribution < 1.29 is 9.47 Å². The van der Waals surface area contributed by atoms with Gasteiger partial charge >= 0.3 is 0 Å². The number of hydrogen-bond acceptors (Lipinski definition) is 6. The molecule has 36 heavy (non-hydrogen) atoms. The van der Waals surface area contributed by atoms with Crippen molar-refractivity contribution in [1.29, 1.82) is 0 Å². The first kappa shape index (κ1) is 23.3. The van der Waals surface area contributed by atoms with E-state index in [4.69, 9.17) is 21.1 Å². The molecule has 186 valence electrons. The van der Waals surface area contributed by atoms with E-state index in [1.54, 1.807) is 12.4 Å². The van der Waals surface area contributed by atoms with E-state index in [9.17, 15) is 0 Å². The van der Waals surface area contributed by atoms with Gasteiger partial charge in [-0.05, 0) is 60.4 Å². The van der Waals surface area contributed by atoms with Gasteiger partial charge in [0.05, 0.1) is 25.9 Å². The van der Waals surface area contributed by atoms with Gasteiger partial charge in [0, 0.05) is 60.2 Å². The second-order valence-electron chi connectivity index (χ2n) is 9.33. The minimum absolute atomic E-state index is 0.0299. The SMILES string of the molecule is Clc1ccc2[nH]c3c(c2c1)CCN(c1ncccn1)[C@H]3c1ccc(OCCCN2CCOCC2)cc1. The van der Waals surface area contributed by atoms with Gasteiger partial charge in [0.1, 0.15) is 5.75 Å². The lowest BCUT2D eigenvalue weighted by molar-refractivity contribution is 0.0358. The van der Waals surface area contributed by atoms with Crippen LogP contribution in [0.25, 0.3) is 10.9 Å². The molecule has 8 heteroatoms. The summed E-state index contributed by atoms with van der Waals surface area (Å²) in [6.07, 6.45) is 5.50. The lowest BCUT2D eigenvalue weighted by atomic mass is 9.92. The van der Waals surface area contributed by atoms with E-state index >= 15 is 0 Å². The molecule has 6 rings (SSSR count). The zero-order valence-corrected chi connectivity index (χ0v) is 21.0. The van der Waals surface area contributed by atoms with Crippen LogP contribution in [0.3, 0.4) is 0 Å². The molecule has 4 heterocycles. The molecule has 0 spiro atoms. The Kier molecular flexibility index (Phi) is 6.77. The van der Waals surface area contributed by atoms with Crippen LogP contribution >= 0.6 is 11.6 Å². The number of H-pyrrole nitrogens is 1. The zero-order chi connectivity index (χ0) is 24.3. The molecule has 2 aromatic carbocycles. The Balaban J connectivity index is 1.24. The number of nitrogens with zero attached hydrogens (tertiary/aromatic N) is 4. The van der Waals surface area contributed by atoms with Crippen LogP contribution in [0.4, 0.5) is 5.95 Å². The van der Waals surface area contributed by atoms with Gasteiger partial charge in [0.25, 0.3) is 0 Å². The maximum atomic E-state index is 6.34. The van der Waals surface area contributed by atoms with E-state index in [0.29, 0.717) is 6.61 Å². The third kappa shape index (κ3) is 4.78. The van der Waals surface area contributed by atoms with Crippen molar-refractivity contribution in [2.45, 2.75) is 18.9 Å². The summed E-state index contributed by atoms with van der Waals surface area (Å²) < 4.78 is 11.5. The summed E-state index contributed by atoms with van der Waals surface area (Å²) in [4.78, 5) is 17.5. The monoisotopic (exact) mass is 503 g/mol. The van der Waals surface area contributed by atoms with Gasteiger partial charge in [-0.15, -0.1) is 0 Å². The van der Waals surface area contributed by atoms with E-state index in [1.165, 1.54) is 22.2 Å². The highest BCUT2D eigenvalue weighted by molar-refractivity contribution is 6.31. The van der Waals surface area contributed by atoms with Crippen LogP contribution in [-0.2, 0) is 11.2 Å². The number of aromatic nitrogens is 3. The number of morpholine rings is 1. The van der Waals surface area contributed by atoms with Crippen LogP contribution in [0.5, 0.6) is 5.75 Å². The number of rotatable bonds is 7. The van der Waals surface area contributed by atoms with Gasteiger partial charge in [-0.2, -0.15) is 0 Å². The van der Waals surface area contributed by atoms with Crippen molar-refractivity contribution in [1.82, 2.24) is 19.9 Å². The zero-order valence-electron chi connectivity index (χ0n) is 20.2. The third-order valence-electron chi connectivity index (χ3n) is 7.08. The molecular formula is C28H30ClN5O2. The minimum Gasteiger partial charge on any atom is -0.494 e. The van der Waals surface area contributed by atoms with Crippen molar-refractivity contribution in [3.63, 3.8) is 0 Å². The summed E-state index contributed by atoms with van der Waals surface area (Å²) in [7, 11) is 0. The van der Waals surface area contributed by atoms with E-state index in [0.717, 1.165) is 74.5 Å². The first-order valence-corrected chi connectivity index (χ1v) is 13.0. The number of fused-ring (bicyclic) bond motifs is 3. The van der Waals surface area contributed by atoms with E-state index in [2.05, 4.69) is 61.1 Å². The summed E-state index contributed by atoms with van der Waals surface area (Å²) in [6, 6.07) is 16.3. The molecule has 0 bridgehead atoms. The number of benzene rings is 2. The Labute approximate surface area is 216 Å². The lowest BCUT2D eigenvalue weighted by Crippen LogP contribution is -2.37. The smallest absolute Gasteiger partial charge is 0.226 e. The molecule has 0 amide bonds. The van der Waals surface area contributed by atoms with Gasteiger partial charge in [0.2, 0.25) is 5.95 Å². The van der Waals surface area contributed by atoms with Crippen LogP contribution in [0.15, 0.2) is 60.9 Å². The molecule has 0 aliphatic carbocycles. The van der Waals surface area contributed by atoms with Crippen LogP contribution < -0.4 is 9.64 Å². The topological polar surface area (TPSA) is 66.5 Å². The standard InChI is InChI=1S/C28H30ClN5O2/c29-21-5-8-25-24(19-21)23-9-13-34(28-30-10-1-11-31-28)27(26(23)32-25)20-3-6-22(7-4-20)36-16-2-12-33-14-17-35-18-15-33/h1,3-8,10-11,19,27,32H,2,9,12-18H2/t27-/m0/s1. The second-order valence-corrected chi connectivity index (χ2v) is 9.76. The van der Waals surface area contributed by atoms with Crippen molar-refractivity contribution in [3.05, 3.63) is 82.8 Å². The molecule has 1 saturated heterocycles. The fraction of sp³-hybridized carbons (Fsp3) is 0.357. The van der Waals surface area contributed by atoms with Gasteiger partial charge in [-0.1, -0.05) is 23.7 Å². The van der Waals surface area contributed by atoms with Crippen LogP contribution in [0, 0.1) is 0 Å². The van der Waals surface area contributed by atoms with Crippen molar-refractivity contribution >= 4 is 28.5 Å². The molecule has 7 nitrogen and oxygen atoms in total. The quantitative estimate of drug-likeness (QED) is 0.363. The fourth-order valence-corrected chi connectivity index (χ4v) is 5.48. The first-order valence-electron chi connectivity index (χ1n) is 12.6. The number of ether oxygens (including phenoxy) is 2. The maximum absolute atomic E-state index is 6.34. The Morgan fingerprint density at radius 2 is 1.83 bits per heavy atom. The van der Waals surface area contributed by atoms with Crippen LogP contribution in [0.2, 0.25) is 5.02 Å². The summed E-state index contributed by atoms with van der Waals surface area (Å²) in [6.45, 7) is 6.26. The highest BCUT2D eigenvalue weighted by Crippen LogP contribution is 2.40. The number of nitrogens with one attached hydrogen (secondary N) is 1. The largest absolute Gasteiger partial charge is 0.494 e. The first-order chi connectivity index (χ1) is 17.8. The van der Waals surface area contributed by atoms with Crippen LogP contribution in [0.1, 0.15) is 29.3 Å². The minimum atomic E-state index is -0.0299. The molecule has 2 aromatic heterocycles. The fourth-order valence-electron chi connectivity index (χ4n) is 5.31. The van der Waals surface area contributed by atoms with Gasteiger partial charge in [-0.25, -0.2) is 9.97 Å². The number of aromatic amines is 1. The summed E-state index contributed by atoms with van der Waals surface area (Å²) in [5.74, 6) is 1.62. The second kappa shape index (κ2) is 10.5. The molecule has 1 atom stereocenters. The number of halogens is 1. The third-order valence-corrected chi connectivity index (χ3v) is 7.32. The Hall–Kier alpha value is -3.13. The number of anilines is 1.